The Kier molecular flexibility index (Phi) is 5.86. The van der Waals surface area contributed by atoms with Crippen LogP contribution in [-0.2, 0) is 9.53 Å². The van der Waals surface area contributed by atoms with Gasteiger partial charge >= 0.3 is 5.97 Å². The second-order valence-corrected chi connectivity index (χ2v) is 4.46. The van der Waals surface area contributed by atoms with Crippen LogP contribution in [0.3, 0.4) is 0 Å². The van der Waals surface area contributed by atoms with Crippen molar-refractivity contribution in [3.8, 4) is 0 Å². The largest absolute Gasteiger partial charge is 0.465 e. The smallest absolute Gasteiger partial charge is 0.323 e. The topological polar surface area (TPSA) is 38.3 Å². The zero-order valence-corrected chi connectivity index (χ0v) is 11.7. The Hall–Kier alpha value is -1.35. The molecule has 0 aromatic heterocycles. The molecule has 0 aliphatic heterocycles. The summed E-state index contributed by atoms with van der Waals surface area (Å²) < 4.78 is 5.06. The molecule has 0 amide bonds. The molecule has 0 radical (unpaired) electrons. The van der Waals surface area contributed by atoms with Crippen LogP contribution in [0.1, 0.15) is 44.4 Å². The third-order valence-electron chi connectivity index (χ3n) is 3.09. The van der Waals surface area contributed by atoms with Crippen molar-refractivity contribution >= 4 is 5.97 Å². The molecule has 2 atom stereocenters. The van der Waals surface area contributed by atoms with Gasteiger partial charge in [-0.25, -0.2) is 0 Å². The van der Waals surface area contributed by atoms with E-state index in [0.717, 1.165) is 6.42 Å². The van der Waals surface area contributed by atoms with Crippen molar-refractivity contribution < 1.29 is 9.53 Å². The molecule has 3 heteroatoms. The molecule has 0 heterocycles. The molecule has 3 nitrogen and oxygen atoms in total. The van der Waals surface area contributed by atoms with Crippen molar-refractivity contribution in [1.82, 2.24) is 5.32 Å². The number of esters is 1. The lowest BCUT2D eigenvalue weighted by atomic mass is 10.0. The number of aryl methyl sites for hydroxylation is 1. The number of carbonyl (C=O) groups excluding carboxylic acids is 1. The van der Waals surface area contributed by atoms with E-state index >= 15 is 0 Å². The fourth-order valence-electron chi connectivity index (χ4n) is 2.06. The minimum Gasteiger partial charge on any atom is -0.465 e. The summed E-state index contributed by atoms with van der Waals surface area (Å²) in [5.74, 6) is -0.166. The standard InChI is InChI=1S/C15H23NO2/c1-5-14(15(17)18-6-2)16-12(4)13-10-8-7-9-11(13)3/h7-10,12,14,16H,5-6H2,1-4H3. The molecule has 100 valence electrons. The summed E-state index contributed by atoms with van der Waals surface area (Å²) >= 11 is 0. The zero-order valence-electron chi connectivity index (χ0n) is 11.7. The van der Waals surface area contributed by atoms with Crippen LogP contribution in [0.25, 0.3) is 0 Å². The molecule has 1 aromatic rings. The lowest BCUT2D eigenvalue weighted by Crippen LogP contribution is -2.39. The number of carbonyl (C=O) groups is 1. The van der Waals surface area contributed by atoms with Crippen molar-refractivity contribution in [2.75, 3.05) is 6.61 Å². The maximum absolute atomic E-state index is 11.7. The molecule has 0 saturated heterocycles. The van der Waals surface area contributed by atoms with Crippen LogP contribution >= 0.6 is 0 Å². The molecule has 0 spiro atoms. The second-order valence-electron chi connectivity index (χ2n) is 4.46. The summed E-state index contributed by atoms with van der Waals surface area (Å²) in [4.78, 5) is 11.7. The number of ether oxygens (including phenoxy) is 1. The Morgan fingerprint density at radius 1 is 1.33 bits per heavy atom. The summed E-state index contributed by atoms with van der Waals surface area (Å²) in [6, 6.07) is 8.11. The summed E-state index contributed by atoms with van der Waals surface area (Å²) in [6.45, 7) is 8.40. The van der Waals surface area contributed by atoms with E-state index in [1.165, 1.54) is 11.1 Å². The molecule has 1 N–H and O–H groups in total. The van der Waals surface area contributed by atoms with Gasteiger partial charge in [-0.2, -0.15) is 0 Å². The van der Waals surface area contributed by atoms with Crippen LogP contribution in [0.15, 0.2) is 24.3 Å². The molecule has 0 fully saturated rings. The highest BCUT2D eigenvalue weighted by atomic mass is 16.5. The van der Waals surface area contributed by atoms with Gasteiger partial charge in [0.2, 0.25) is 0 Å². The molecule has 1 rings (SSSR count). The maximum atomic E-state index is 11.7. The van der Waals surface area contributed by atoms with Gasteiger partial charge in [-0.15, -0.1) is 0 Å². The molecule has 0 saturated carbocycles. The van der Waals surface area contributed by atoms with Gasteiger partial charge in [-0.1, -0.05) is 31.2 Å². The number of nitrogens with one attached hydrogen (secondary N) is 1. The van der Waals surface area contributed by atoms with Gasteiger partial charge in [-0.3, -0.25) is 10.1 Å². The van der Waals surface area contributed by atoms with Gasteiger partial charge in [-0.05, 0) is 38.3 Å². The number of hydrogen-bond donors (Lipinski definition) is 1. The van der Waals surface area contributed by atoms with E-state index in [1.807, 2.05) is 26.0 Å². The first-order valence-electron chi connectivity index (χ1n) is 6.58. The van der Waals surface area contributed by atoms with Crippen molar-refractivity contribution in [3.05, 3.63) is 35.4 Å². The molecule has 0 aliphatic carbocycles. The Bertz CT molecular complexity index is 390. The van der Waals surface area contributed by atoms with E-state index < -0.39 is 0 Å². The summed E-state index contributed by atoms with van der Waals surface area (Å²) in [5, 5.41) is 3.33. The van der Waals surface area contributed by atoms with Crippen LogP contribution in [0.5, 0.6) is 0 Å². The number of rotatable bonds is 6. The predicted octanol–water partition coefficient (Wildman–Crippen LogP) is 2.99. The van der Waals surface area contributed by atoms with Crippen LogP contribution < -0.4 is 5.32 Å². The summed E-state index contributed by atoms with van der Waals surface area (Å²) in [5.41, 5.74) is 2.46. The maximum Gasteiger partial charge on any atom is 0.323 e. The molecular formula is C15H23NO2. The summed E-state index contributed by atoms with van der Waals surface area (Å²) in [7, 11) is 0. The van der Waals surface area contributed by atoms with E-state index in [0.29, 0.717) is 6.61 Å². The molecular weight excluding hydrogens is 226 g/mol. The predicted molar refractivity (Wildman–Crippen MR) is 73.4 cm³/mol. The van der Waals surface area contributed by atoms with Crippen molar-refractivity contribution in [3.63, 3.8) is 0 Å². The van der Waals surface area contributed by atoms with E-state index in [4.69, 9.17) is 4.74 Å². The first-order valence-corrected chi connectivity index (χ1v) is 6.58. The molecule has 2 unspecified atom stereocenters. The first kappa shape index (κ1) is 14.7. The lowest BCUT2D eigenvalue weighted by molar-refractivity contribution is -0.146. The molecule has 0 bridgehead atoms. The Morgan fingerprint density at radius 2 is 2.00 bits per heavy atom. The molecule has 1 aromatic carbocycles. The highest BCUT2D eigenvalue weighted by Gasteiger charge is 2.20. The van der Waals surface area contributed by atoms with Crippen molar-refractivity contribution in [2.24, 2.45) is 0 Å². The highest BCUT2D eigenvalue weighted by molar-refractivity contribution is 5.75. The van der Waals surface area contributed by atoms with Gasteiger partial charge in [0, 0.05) is 6.04 Å². The third kappa shape index (κ3) is 3.84. The SMILES string of the molecule is CCOC(=O)C(CC)NC(C)c1ccccc1C. The number of benzene rings is 1. The van der Waals surface area contributed by atoms with Gasteiger partial charge in [0.15, 0.2) is 0 Å². The third-order valence-corrected chi connectivity index (χ3v) is 3.09. The van der Waals surface area contributed by atoms with E-state index in [9.17, 15) is 4.79 Å². The normalized spacial score (nSPS) is 14.0. The minimum atomic E-state index is -0.237. The number of hydrogen-bond acceptors (Lipinski definition) is 3. The Labute approximate surface area is 110 Å². The average molecular weight is 249 g/mol. The van der Waals surface area contributed by atoms with Crippen LogP contribution in [-0.4, -0.2) is 18.6 Å². The lowest BCUT2D eigenvalue weighted by Gasteiger charge is -2.22. The van der Waals surface area contributed by atoms with Crippen LogP contribution in [0.4, 0.5) is 0 Å². The van der Waals surface area contributed by atoms with E-state index in [-0.39, 0.29) is 18.1 Å². The monoisotopic (exact) mass is 249 g/mol. The first-order chi connectivity index (χ1) is 8.60. The van der Waals surface area contributed by atoms with Crippen molar-refractivity contribution in [2.45, 2.75) is 46.2 Å². The van der Waals surface area contributed by atoms with E-state index in [2.05, 4.69) is 31.3 Å². The molecule has 18 heavy (non-hydrogen) atoms. The van der Waals surface area contributed by atoms with Crippen LogP contribution in [0.2, 0.25) is 0 Å². The second kappa shape index (κ2) is 7.17. The van der Waals surface area contributed by atoms with Gasteiger partial charge in [0.25, 0.3) is 0 Å². The van der Waals surface area contributed by atoms with Gasteiger partial charge < -0.3 is 4.74 Å². The highest BCUT2D eigenvalue weighted by Crippen LogP contribution is 2.17. The molecule has 0 aliphatic rings. The fraction of sp³-hybridized carbons (Fsp3) is 0.533. The average Bonchev–Trinajstić information content (AvgIpc) is 2.36. The zero-order chi connectivity index (χ0) is 13.5. The van der Waals surface area contributed by atoms with E-state index in [1.54, 1.807) is 0 Å². The van der Waals surface area contributed by atoms with Crippen molar-refractivity contribution in [1.29, 1.82) is 0 Å². The van der Waals surface area contributed by atoms with Gasteiger partial charge in [0.1, 0.15) is 6.04 Å². The summed E-state index contributed by atoms with van der Waals surface area (Å²) in [6.07, 6.45) is 0.731. The van der Waals surface area contributed by atoms with Crippen LogP contribution in [0, 0.1) is 6.92 Å². The fourth-order valence-corrected chi connectivity index (χ4v) is 2.06. The Balaban J connectivity index is 2.70. The van der Waals surface area contributed by atoms with Gasteiger partial charge in [0.05, 0.1) is 6.61 Å². The minimum absolute atomic E-state index is 0.139. The quantitative estimate of drug-likeness (QED) is 0.788. The Morgan fingerprint density at radius 3 is 2.56 bits per heavy atom.